The van der Waals surface area contributed by atoms with E-state index < -0.39 is 32.2 Å². The van der Waals surface area contributed by atoms with Crippen LogP contribution in [0.1, 0.15) is 25.0 Å². The Morgan fingerprint density at radius 3 is 2.49 bits per heavy atom. The van der Waals surface area contributed by atoms with Crippen molar-refractivity contribution < 1.29 is 31.5 Å². The van der Waals surface area contributed by atoms with E-state index in [-0.39, 0.29) is 52.7 Å². The Hall–Kier alpha value is -2.97. The third-order valence-corrected chi connectivity index (χ3v) is 11.7. The fraction of sp³-hybridized carbons (Fsp3) is 0.393. The molecule has 1 amide bonds. The number of nitrogens with zero attached hydrogens (tertiary/aromatic N) is 2. The lowest BCUT2D eigenvalue weighted by Gasteiger charge is -2.33. The first-order valence-electron chi connectivity index (χ1n) is 13.1. The lowest BCUT2D eigenvalue weighted by Crippen LogP contribution is -2.48. The van der Waals surface area contributed by atoms with Gasteiger partial charge in [0.15, 0.2) is 0 Å². The largest absolute Gasteiger partial charge is 0.488 e. The maximum Gasteiger partial charge on any atom is 0.271 e. The average molecular weight is 622 g/mol. The van der Waals surface area contributed by atoms with Gasteiger partial charge in [0.1, 0.15) is 16.1 Å². The lowest BCUT2D eigenvalue weighted by molar-refractivity contribution is -0.134. The molecule has 2 heterocycles. The van der Waals surface area contributed by atoms with Crippen LogP contribution in [0, 0.1) is 12.8 Å². The first kappa shape index (κ1) is 31.0. The van der Waals surface area contributed by atoms with Crippen LogP contribution in [0.4, 0.5) is 5.69 Å². The van der Waals surface area contributed by atoms with Gasteiger partial charge in [-0.05, 0) is 55.6 Å². The Morgan fingerprint density at radius 2 is 1.85 bits per heavy atom. The molecule has 0 bridgehead atoms. The van der Waals surface area contributed by atoms with E-state index in [1.165, 1.54) is 17.4 Å². The molecule has 0 radical (unpaired) electrons. The Balaban J connectivity index is 1.68. The average Bonchev–Trinajstić information content (AvgIpc) is 3.49. The summed E-state index contributed by atoms with van der Waals surface area (Å²) in [5.41, 5.74) is 1.65. The van der Waals surface area contributed by atoms with E-state index in [1.54, 1.807) is 65.7 Å². The molecule has 41 heavy (non-hydrogen) atoms. The van der Waals surface area contributed by atoms with E-state index in [9.17, 15) is 26.7 Å². The predicted octanol–water partition coefficient (Wildman–Crippen LogP) is 3.33. The van der Waals surface area contributed by atoms with E-state index >= 15 is 0 Å². The van der Waals surface area contributed by atoms with Crippen LogP contribution in [0.25, 0.3) is 0 Å². The minimum Gasteiger partial charge on any atom is -0.488 e. The Labute approximate surface area is 245 Å². The first-order valence-corrected chi connectivity index (χ1v) is 16.9. The summed E-state index contributed by atoms with van der Waals surface area (Å²) in [4.78, 5) is 15.2. The minimum atomic E-state index is -3.82. The van der Waals surface area contributed by atoms with E-state index in [0.717, 1.165) is 16.9 Å². The number of hydrogen-bond donors (Lipinski definition) is 2. The number of aryl methyl sites for hydroxylation is 1. The summed E-state index contributed by atoms with van der Waals surface area (Å²) in [5.74, 6) is -0.219. The zero-order chi connectivity index (χ0) is 29.9. The quantitative estimate of drug-likeness (QED) is 0.375. The summed E-state index contributed by atoms with van der Waals surface area (Å²) in [6, 6.07) is 14.0. The number of benzene rings is 2. The number of ether oxygens (including phenoxy) is 1. The summed E-state index contributed by atoms with van der Waals surface area (Å²) in [6.07, 6.45) is -0.752. The molecular formula is C28H35N3O7S3. The number of nitrogens with one attached hydrogen (secondary N) is 1. The highest BCUT2D eigenvalue weighted by Crippen LogP contribution is 2.31. The molecule has 3 atom stereocenters. The predicted molar refractivity (Wildman–Crippen MR) is 158 cm³/mol. The van der Waals surface area contributed by atoms with Crippen LogP contribution in [0.15, 0.2) is 69.1 Å². The van der Waals surface area contributed by atoms with Crippen LogP contribution in [0.3, 0.4) is 0 Å². The highest BCUT2D eigenvalue weighted by atomic mass is 32.2. The van der Waals surface area contributed by atoms with Crippen LogP contribution < -0.4 is 9.46 Å². The van der Waals surface area contributed by atoms with E-state index in [4.69, 9.17) is 4.74 Å². The number of aliphatic hydroxyl groups is 1. The van der Waals surface area contributed by atoms with Gasteiger partial charge in [-0.2, -0.15) is 4.31 Å². The molecule has 222 valence electrons. The fourth-order valence-corrected chi connectivity index (χ4v) is 7.80. The van der Waals surface area contributed by atoms with E-state index in [2.05, 4.69) is 4.72 Å². The second-order valence-electron chi connectivity index (χ2n) is 10.3. The first-order chi connectivity index (χ1) is 19.3. The van der Waals surface area contributed by atoms with Gasteiger partial charge in [0.05, 0.1) is 30.5 Å². The van der Waals surface area contributed by atoms with E-state index in [0.29, 0.717) is 11.3 Å². The number of rotatable bonds is 9. The van der Waals surface area contributed by atoms with Gasteiger partial charge in [0, 0.05) is 30.8 Å². The number of likely N-dealkylation sites (N-methyl/N-ethyl adjacent to an activating group) is 1. The van der Waals surface area contributed by atoms with Crippen LogP contribution in [-0.4, -0.2) is 75.9 Å². The third kappa shape index (κ3) is 7.09. The summed E-state index contributed by atoms with van der Waals surface area (Å²) in [5, 5.41) is 11.5. The van der Waals surface area contributed by atoms with Crippen molar-refractivity contribution in [3.05, 3.63) is 71.1 Å². The Bertz CT molecular complexity index is 1570. The molecule has 0 saturated carbocycles. The van der Waals surface area contributed by atoms with Crippen LogP contribution in [0.5, 0.6) is 5.75 Å². The van der Waals surface area contributed by atoms with Crippen LogP contribution in [0.2, 0.25) is 0 Å². The highest BCUT2D eigenvalue weighted by Gasteiger charge is 2.33. The summed E-state index contributed by atoms with van der Waals surface area (Å²) < 4.78 is 62.6. The number of amides is 1. The minimum absolute atomic E-state index is 0.000882. The van der Waals surface area contributed by atoms with Crippen molar-refractivity contribution >= 4 is 43.0 Å². The molecule has 1 aliphatic rings. The summed E-state index contributed by atoms with van der Waals surface area (Å²) in [6.45, 7) is 5.46. The molecule has 2 N–H and O–H groups in total. The van der Waals surface area contributed by atoms with Gasteiger partial charge >= 0.3 is 0 Å². The Morgan fingerprint density at radius 1 is 1.15 bits per heavy atom. The normalized spacial score (nSPS) is 19.1. The topological polar surface area (TPSA) is 133 Å². The van der Waals surface area contributed by atoms with Crippen molar-refractivity contribution in [1.82, 2.24) is 9.21 Å². The van der Waals surface area contributed by atoms with Crippen molar-refractivity contribution in [3.8, 4) is 5.75 Å². The second kappa shape index (κ2) is 12.5. The molecule has 1 aliphatic heterocycles. The monoisotopic (exact) mass is 621 g/mol. The molecule has 0 aliphatic carbocycles. The molecule has 0 spiro atoms. The molecule has 13 heteroatoms. The second-order valence-corrected chi connectivity index (χ2v) is 15.2. The van der Waals surface area contributed by atoms with Gasteiger partial charge in [-0.15, -0.1) is 11.3 Å². The van der Waals surface area contributed by atoms with Crippen LogP contribution in [-0.2, 0) is 31.3 Å². The molecular weight excluding hydrogens is 587 g/mol. The molecule has 4 rings (SSSR count). The van der Waals surface area contributed by atoms with Crippen molar-refractivity contribution in [2.75, 3.05) is 31.5 Å². The number of fused-ring (bicyclic) bond motifs is 1. The van der Waals surface area contributed by atoms with Gasteiger partial charge < -0.3 is 14.7 Å². The van der Waals surface area contributed by atoms with E-state index in [1.807, 2.05) is 13.8 Å². The fourth-order valence-electron chi connectivity index (χ4n) is 4.57. The molecule has 10 nitrogen and oxygen atoms in total. The molecule has 2 aromatic carbocycles. The van der Waals surface area contributed by atoms with Crippen molar-refractivity contribution in [1.29, 1.82) is 0 Å². The lowest BCUT2D eigenvalue weighted by atomic mass is 10.0. The Kier molecular flexibility index (Phi) is 9.44. The smallest absolute Gasteiger partial charge is 0.271 e. The van der Waals surface area contributed by atoms with Crippen molar-refractivity contribution in [2.24, 2.45) is 5.92 Å². The zero-order valence-electron chi connectivity index (χ0n) is 23.3. The molecule has 0 unspecified atom stereocenters. The number of sulfonamides is 2. The number of aliphatic hydroxyl groups excluding tert-OH is 1. The number of thiophene rings is 1. The maximum atomic E-state index is 13.4. The number of anilines is 1. The number of hydrogen-bond acceptors (Lipinski definition) is 8. The highest BCUT2D eigenvalue weighted by molar-refractivity contribution is 7.94. The third-order valence-electron chi connectivity index (χ3n) is 7.09. The molecule has 0 saturated heterocycles. The van der Waals surface area contributed by atoms with Gasteiger partial charge in [0.25, 0.3) is 10.0 Å². The zero-order valence-corrected chi connectivity index (χ0v) is 25.8. The maximum absolute atomic E-state index is 13.4. The summed E-state index contributed by atoms with van der Waals surface area (Å²) >= 11 is 1.09. The van der Waals surface area contributed by atoms with Gasteiger partial charge in [0.2, 0.25) is 15.9 Å². The SMILES string of the molecule is Cc1ccc(S(=O)(=O)N(C)C[C@H]2Oc3ccc(NS(=O)(=O)c4cccs4)cc3CC(=O)N([C@@H](C)CO)C[C@@H]2C)cc1. The van der Waals surface area contributed by atoms with Crippen molar-refractivity contribution in [2.45, 2.75) is 48.4 Å². The molecule has 3 aromatic rings. The van der Waals surface area contributed by atoms with Gasteiger partial charge in [-0.1, -0.05) is 30.7 Å². The number of carbonyl (C=O) groups is 1. The van der Waals surface area contributed by atoms with Crippen molar-refractivity contribution in [3.63, 3.8) is 0 Å². The van der Waals surface area contributed by atoms with Gasteiger partial charge in [-0.25, -0.2) is 16.8 Å². The number of carbonyl (C=O) groups excluding carboxylic acids is 1. The standard InChI is InChI=1S/C28H35N3O7S3/c1-19-7-10-24(11-8-19)41(36,37)30(4)17-26-20(2)16-31(21(3)18-32)27(33)15-22-14-23(9-12-25(22)38-26)29-40(34,35)28-6-5-13-39-28/h5-14,20-21,26,29,32H,15-18H2,1-4H3/t20-,21-,26+/m0/s1. The molecule has 1 aromatic heterocycles. The summed E-state index contributed by atoms with van der Waals surface area (Å²) in [7, 11) is -6.15. The molecule has 0 fully saturated rings. The van der Waals surface area contributed by atoms with Crippen LogP contribution >= 0.6 is 11.3 Å². The van der Waals surface area contributed by atoms with Gasteiger partial charge in [-0.3, -0.25) is 9.52 Å².